The molecule has 0 radical (unpaired) electrons. The summed E-state index contributed by atoms with van der Waals surface area (Å²) in [6.07, 6.45) is 0.630. The Kier molecular flexibility index (Phi) is 4.58. The van der Waals surface area contributed by atoms with Crippen LogP contribution in [-0.4, -0.2) is 25.8 Å². The van der Waals surface area contributed by atoms with Crippen LogP contribution in [0.2, 0.25) is 0 Å². The molecule has 25 heavy (non-hydrogen) atoms. The van der Waals surface area contributed by atoms with E-state index in [1.165, 1.54) is 0 Å². The second-order valence-electron chi connectivity index (χ2n) is 6.04. The van der Waals surface area contributed by atoms with Crippen molar-refractivity contribution >= 4 is 10.0 Å². The van der Waals surface area contributed by atoms with E-state index in [1.807, 2.05) is 30.3 Å². The molecule has 1 saturated heterocycles. The van der Waals surface area contributed by atoms with Crippen LogP contribution in [0.3, 0.4) is 0 Å². The van der Waals surface area contributed by atoms with Crippen molar-refractivity contribution in [3.63, 3.8) is 0 Å². The summed E-state index contributed by atoms with van der Waals surface area (Å²) < 4.78 is 53.3. The van der Waals surface area contributed by atoms with Crippen LogP contribution >= 0.6 is 0 Å². The fourth-order valence-electron chi connectivity index (χ4n) is 3.15. The Balaban J connectivity index is 1.85. The smallest absolute Gasteiger partial charge is 0.207 e. The molecule has 0 amide bonds. The number of rotatable bonds is 3. The van der Waals surface area contributed by atoms with E-state index < -0.39 is 32.0 Å². The fraction of sp³-hybridized carbons (Fsp3) is 0.278. The molecule has 7 heteroatoms. The highest BCUT2D eigenvalue weighted by Gasteiger charge is 2.40. The Hall–Kier alpha value is -2.30. The predicted molar refractivity (Wildman–Crippen MR) is 88.1 cm³/mol. The van der Waals surface area contributed by atoms with Gasteiger partial charge in [0.15, 0.2) is 0 Å². The standard InChI is InChI=1S/C18H16F2N2O2S/c19-15-6-7-17(16(20)12-15)25(23,24)22-10-8-18(13-21,9-11-22)14-4-2-1-3-5-14/h1-7,12H,8-11H2. The summed E-state index contributed by atoms with van der Waals surface area (Å²) >= 11 is 0. The average Bonchev–Trinajstić information content (AvgIpc) is 2.62. The maximum Gasteiger partial charge on any atom is 0.245 e. The average molecular weight is 362 g/mol. The van der Waals surface area contributed by atoms with Gasteiger partial charge in [0.05, 0.1) is 11.5 Å². The van der Waals surface area contributed by atoms with Crippen molar-refractivity contribution in [2.75, 3.05) is 13.1 Å². The van der Waals surface area contributed by atoms with Crippen LogP contribution in [0.5, 0.6) is 0 Å². The van der Waals surface area contributed by atoms with Gasteiger partial charge in [-0.15, -0.1) is 0 Å². The minimum atomic E-state index is -4.07. The Labute approximate surface area is 145 Å². The highest BCUT2D eigenvalue weighted by atomic mass is 32.2. The second kappa shape index (κ2) is 6.54. The van der Waals surface area contributed by atoms with E-state index in [2.05, 4.69) is 6.07 Å². The molecule has 0 aromatic heterocycles. The minimum Gasteiger partial charge on any atom is -0.207 e. The topological polar surface area (TPSA) is 61.2 Å². The lowest BCUT2D eigenvalue weighted by molar-refractivity contribution is 0.276. The quantitative estimate of drug-likeness (QED) is 0.842. The lowest BCUT2D eigenvalue weighted by Gasteiger charge is -2.36. The maximum atomic E-state index is 13.9. The molecule has 1 aliphatic rings. The van der Waals surface area contributed by atoms with Crippen LogP contribution in [0.1, 0.15) is 18.4 Å². The third-order valence-electron chi connectivity index (χ3n) is 4.63. The van der Waals surface area contributed by atoms with Gasteiger partial charge < -0.3 is 0 Å². The van der Waals surface area contributed by atoms with Crippen LogP contribution in [0.25, 0.3) is 0 Å². The number of nitrogens with zero attached hydrogens (tertiary/aromatic N) is 2. The molecule has 1 fully saturated rings. The molecule has 3 rings (SSSR count). The van der Waals surface area contributed by atoms with Gasteiger partial charge in [0.25, 0.3) is 0 Å². The second-order valence-corrected chi connectivity index (χ2v) is 7.95. The van der Waals surface area contributed by atoms with E-state index in [-0.39, 0.29) is 13.1 Å². The number of halogens is 2. The van der Waals surface area contributed by atoms with E-state index >= 15 is 0 Å². The van der Waals surface area contributed by atoms with Crippen molar-refractivity contribution in [3.8, 4) is 6.07 Å². The molecule has 0 unspecified atom stereocenters. The lowest BCUT2D eigenvalue weighted by Crippen LogP contribution is -2.44. The zero-order valence-electron chi connectivity index (χ0n) is 13.3. The van der Waals surface area contributed by atoms with Gasteiger partial charge in [-0.3, -0.25) is 0 Å². The Morgan fingerprint density at radius 1 is 1.04 bits per heavy atom. The maximum absolute atomic E-state index is 13.9. The van der Waals surface area contributed by atoms with Crippen molar-refractivity contribution in [2.45, 2.75) is 23.2 Å². The predicted octanol–water partition coefficient (Wildman–Crippen LogP) is 3.21. The first-order valence-corrected chi connectivity index (χ1v) is 9.25. The zero-order valence-corrected chi connectivity index (χ0v) is 14.1. The molecule has 0 atom stereocenters. The van der Waals surface area contributed by atoms with E-state index in [1.54, 1.807) is 0 Å². The summed E-state index contributed by atoms with van der Waals surface area (Å²) in [5, 5.41) is 9.66. The molecule has 0 spiro atoms. The molecular formula is C18H16F2N2O2S. The number of sulfonamides is 1. The normalized spacial score (nSPS) is 17.8. The molecule has 0 N–H and O–H groups in total. The van der Waals surface area contributed by atoms with Crippen molar-refractivity contribution in [3.05, 3.63) is 65.7 Å². The highest BCUT2D eigenvalue weighted by Crippen LogP contribution is 2.36. The third-order valence-corrected chi connectivity index (χ3v) is 6.56. The van der Waals surface area contributed by atoms with E-state index in [4.69, 9.17) is 0 Å². The van der Waals surface area contributed by atoms with Crippen LogP contribution < -0.4 is 0 Å². The Morgan fingerprint density at radius 2 is 1.68 bits per heavy atom. The minimum absolute atomic E-state index is 0.0988. The highest BCUT2D eigenvalue weighted by molar-refractivity contribution is 7.89. The molecule has 1 heterocycles. The number of hydrogen-bond acceptors (Lipinski definition) is 3. The van der Waals surface area contributed by atoms with Gasteiger partial charge in [-0.1, -0.05) is 30.3 Å². The Morgan fingerprint density at radius 3 is 2.24 bits per heavy atom. The Bertz CT molecular complexity index is 916. The number of nitriles is 1. The monoisotopic (exact) mass is 362 g/mol. The van der Waals surface area contributed by atoms with Gasteiger partial charge in [0.1, 0.15) is 16.5 Å². The molecule has 0 saturated carbocycles. The van der Waals surface area contributed by atoms with Crippen LogP contribution in [-0.2, 0) is 15.4 Å². The van der Waals surface area contributed by atoms with Gasteiger partial charge in [0, 0.05) is 19.2 Å². The van der Waals surface area contributed by atoms with Crippen molar-refractivity contribution < 1.29 is 17.2 Å². The summed E-state index contributed by atoms with van der Waals surface area (Å²) in [4.78, 5) is -0.543. The van der Waals surface area contributed by atoms with Gasteiger partial charge in [-0.2, -0.15) is 9.57 Å². The van der Waals surface area contributed by atoms with Crippen molar-refractivity contribution in [2.24, 2.45) is 0 Å². The van der Waals surface area contributed by atoms with Gasteiger partial charge in [-0.25, -0.2) is 17.2 Å². The van der Waals surface area contributed by atoms with Crippen molar-refractivity contribution in [1.82, 2.24) is 4.31 Å². The fourth-order valence-corrected chi connectivity index (χ4v) is 4.64. The molecule has 2 aromatic rings. The first kappa shape index (κ1) is 17.5. The number of piperidine rings is 1. The van der Waals surface area contributed by atoms with Gasteiger partial charge in [-0.05, 0) is 30.5 Å². The molecule has 130 valence electrons. The van der Waals surface area contributed by atoms with Crippen LogP contribution in [0.15, 0.2) is 53.4 Å². The molecule has 0 aliphatic carbocycles. The van der Waals surface area contributed by atoms with E-state index in [0.717, 1.165) is 22.0 Å². The summed E-state index contributed by atoms with van der Waals surface area (Å²) in [5.74, 6) is -1.94. The van der Waals surface area contributed by atoms with Crippen molar-refractivity contribution in [1.29, 1.82) is 5.26 Å². The molecular weight excluding hydrogens is 346 g/mol. The lowest BCUT2D eigenvalue weighted by atomic mass is 9.74. The molecule has 1 aliphatic heterocycles. The van der Waals surface area contributed by atoms with Gasteiger partial charge in [0.2, 0.25) is 10.0 Å². The number of benzene rings is 2. The molecule has 2 aromatic carbocycles. The van der Waals surface area contributed by atoms with Crippen LogP contribution in [0.4, 0.5) is 8.78 Å². The SMILES string of the molecule is N#CC1(c2ccccc2)CCN(S(=O)(=O)c2ccc(F)cc2F)CC1. The molecule has 0 bridgehead atoms. The molecule has 4 nitrogen and oxygen atoms in total. The number of hydrogen-bond donors (Lipinski definition) is 0. The largest absolute Gasteiger partial charge is 0.245 e. The van der Waals surface area contributed by atoms with Crippen LogP contribution in [0, 0.1) is 23.0 Å². The summed E-state index contributed by atoms with van der Waals surface area (Å²) in [7, 11) is -4.07. The first-order valence-electron chi connectivity index (χ1n) is 7.81. The first-order chi connectivity index (χ1) is 11.9. The van der Waals surface area contributed by atoms with Gasteiger partial charge >= 0.3 is 0 Å². The van der Waals surface area contributed by atoms with E-state index in [9.17, 15) is 22.5 Å². The summed E-state index contributed by atoms with van der Waals surface area (Å²) in [6, 6.07) is 14.0. The third kappa shape index (κ3) is 3.15. The van der Waals surface area contributed by atoms with E-state index in [0.29, 0.717) is 18.9 Å². The summed E-state index contributed by atoms with van der Waals surface area (Å²) in [6.45, 7) is 0.198. The zero-order chi connectivity index (χ0) is 18.1. The summed E-state index contributed by atoms with van der Waals surface area (Å²) in [5.41, 5.74) is 0.0942.